The Hall–Kier alpha value is -1.35. The lowest BCUT2D eigenvalue weighted by Crippen LogP contribution is -2.47. The van der Waals surface area contributed by atoms with E-state index in [9.17, 15) is 4.79 Å². The van der Waals surface area contributed by atoms with Gasteiger partial charge in [-0.05, 0) is 49.8 Å². The van der Waals surface area contributed by atoms with Gasteiger partial charge in [0.2, 0.25) is 5.91 Å². The Morgan fingerprint density at radius 3 is 2.74 bits per heavy atom. The standard InChI is InChI=1S/C20H28N4O2.HI/c1-21-20(24-17-11-16-8-9-18(17)26-16)22-12-13-4-2-7-15(10-13)23-19(25)14-5-3-6-14;/h2,4,7,10,14,16-18H,3,5-6,8-9,11-12H2,1H3,(H,23,25)(H2,21,22,24);1H. The molecule has 2 heterocycles. The summed E-state index contributed by atoms with van der Waals surface area (Å²) in [6.45, 7) is 0.661. The number of aliphatic imine (C=N–C) groups is 1. The second-order valence-electron chi connectivity index (χ2n) is 7.60. The molecule has 1 aromatic carbocycles. The molecule has 0 aromatic heterocycles. The highest BCUT2D eigenvalue weighted by Gasteiger charge is 2.41. The van der Waals surface area contributed by atoms with Crippen LogP contribution < -0.4 is 16.0 Å². The number of hydrogen-bond donors (Lipinski definition) is 3. The van der Waals surface area contributed by atoms with Crippen molar-refractivity contribution in [3.63, 3.8) is 0 Å². The lowest BCUT2D eigenvalue weighted by atomic mass is 9.85. The third-order valence-electron chi connectivity index (χ3n) is 5.78. The van der Waals surface area contributed by atoms with Crippen molar-refractivity contribution in [2.45, 2.75) is 63.3 Å². The predicted octanol–water partition coefficient (Wildman–Crippen LogP) is 3.03. The van der Waals surface area contributed by atoms with E-state index < -0.39 is 0 Å². The summed E-state index contributed by atoms with van der Waals surface area (Å²) in [6, 6.07) is 8.36. The Morgan fingerprint density at radius 1 is 1.26 bits per heavy atom. The Kier molecular flexibility index (Phi) is 6.97. The van der Waals surface area contributed by atoms with Crippen LogP contribution in [0.5, 0.6) is 0 Å². The average molecular weight is 484 g/mol. The minimum absolute atomic E-state index is 0. The summed E-state index contributed by atoms with van der Waals surface area (Å²) in [5, 5.41) is 9.89. The summed E-state index contributed by atoms with van der Waals surface area (Å²) in [7, 11) is 1.79. The van der Waals surface area contributed by atoms with E-state index in [0.29, 0.717) is 24.8 Å². The fraction of sp³-hybridized carbons (Fsp3) is 0.600. The van der Waals surface area contributed by atoms with Gasteiger partial charge in [-0.15, -0.1) is 24.0 Å². The largest absolute Gasteiger partial charge is 0.373 e. The highest BCUT2D eigenvalue weighted by Crippen LogP contribution is 2.34. The fourth-order valence-corrected chi connectivity index (χ4v) is 4.02. The maximum Gasteiger partial charge on any atom is 0.227 e. The number of carbonyl (C=O) groups is 1. The predicted molar refractivity (Wildman–Crippen MR) is 117 cm³/mol. The minimum atomic E-state index is 0. The van der Waals surface area contributed by atoms with Gasteiger partial charge < -0.3 is 20.7 Å². The van der Waals surface area contributed by atoms with Crippen LogP contribution in [0.2, 0.25) is 0 Å². The monoisotopic (exact) mass is 484 g/mol. The maximum absolute atomic E-state index is 12.1. The van der Waals surface area contributed by atoms with E-state index in [1.165, 1.54) is 12.8 Å². The van der Waals surface area contributed by atoms with E-state index in [-0.39, 0.29) is 35.8 Å². The molecule has 4 rings (SSSR count). The van der Waals surface area contributed by atoms with Crippen molar-refractivity contribution in [2.75, 3.05) is 12.4 Å². The number of benzene rings is 1. The molecule has 3 aliphatic rings. The molecule has 3 unspecified atom stereocenters. The molecular formula is C20H29IN4O2. The molecular weight excluding hydrogens is 455 g/mol. The van der Waals surface area contributed by atoms with Crippen molar-refractivity contribution < 1.29 is 9.53 Å². The van der Waals surface area contributed by atoms with Crippen LogP contribution >= 0.6 is 24.0 Å². The van der Waals surface area contributed by atoms with Gasteiger partial charge in [-0.25, -0.2) is 0 Å². The van der Waals surface area contributed by atoms with Gasteiger partial charge in [-0.3, -0.25) is 9.79 Å². The van der Waals surface area contributed by atoms with E-state index in [4.69, 9.17) is 4.74 Å². The molecule has 1 aromatic rings. The molecule has 2 saturated heterocycles. The molecule has 1 saturated carbocycles. The molecule has 0 spiro atoms. The van der Waals surface area contributed by atoms with Gasteiger partial charge in [0.15, 0.2) is 5.96 Å². The maximum atomic E-state index is 12.1. The average Bonchev–Trinajstić information content (AvgIpc) is 3.20. The van der Waals surface area contributed by atoms with Crippen LogP contribution in [0.1, 0.15) is 44.1 Å². The number of amides is 1. The van der Waals surface area contributed by atoms with Crippen LogP contribution in [0, 0.1) is 5.92 Å². The number of ether oxygens (including phenoxy) is 1. The number of anilines is 1. The first-order valence-electron chi connectivity index (χ1n) is 9.73. The summed E-state index contributed by atoms with van der Waals surface area (Å²) in [5.74, 6) is 1.15. The minimum Gasteiger partial charge on any atom is -0.373 e. The van der Waals surface area contributed by atoms with E-state index in [1.807, 2.05) is 18.2 Å². The third-order valence-corrected chi connectivity index (χ3v) is 5.78. The van der Waals surface area contributed by atoms with Crippen molar-refractivity contribution in [3.8, 4) is 0 Å². The quantitative estimate of drug-likeness (QED) is 0.341. The van der Waals surface area contributed by atoms with Crippen LogP contribution in [-0.2, 0) is 16.1 Å². The first-order valence-corrected chi connectivity index (χ1v) is 9.73. The highest BCUT2D eigenvalue weighted by molar-refractivity contribution is 14.0. The molecule has 3 fully saturated rings. The van der Waals surface area contributed by atoms with E-state index in [0.717, 1.165) is 42.9 Å². The third kappa shape index (κ3) is 4.93. The van der Waals surface area contributed by atoms with Gasteiger partial charge in [-0.1, -0.05) is 18.6 Å². The van der Waals surface area contributed by atoms with Crippen LogP contribution in [0.15, 0.2) is 29.3 Å². The van der Waals surface area contributed by atoms with Crippen molar-refractivity contribution in [1.29, 1.82) is 0 Å². The van der Waals surface area contributed by atoms with Gasteiger partial charge in [0.1, 0.15) is 0 Å². The molecule has 3 atom stereocenters. The number of carbonyl (C=O) groups excluding carboxylic acids is 1. The van der Waals surface area contributed by atoms with E-state index >= 15 is 0 Å². The lowest BCUT2D eigenvalue weighted by molar-refractivity contribution is -0.122. The van der Waals surface area contributed by atoms with Crippen LogP contribution in [0.25, 0.3) is 0 Å². The second kappa shape index (κ2) is 9.23. The normalized spacial score (nSPS) is 26.9. The molecule has 2 aliphatic heterocycles. The number of hydrogen-bond acceptors (Lipinski definition) is 3. The number of halogens is 1. The van der Waals surface area contributed by atoms with Crippen molar-refractivity contribution >= 4 is 41.5 Å². The Bertz CT molecular complexity index is 692. The molecule has 1 aliphatic carbocycles. The van der Waals surface area contributed by atoms with Gasteiger partial charge >= 0.3 is 0 Å². The summed E-state index contributed by atoms with van der Waals surface area (Å²) in [5.41, 5.74) is 1.98. The van der Waals surface area contributed by atoms with Crippen molar-refractivity contribution in [2.24, 2.45) is 10.9 Å². The number of nitrogens with zero attached hydrogens (tertiary/aromatic N) is 1. The van der Waals surface area contributed by atoms with Crippen LogP contribution in [0.3, 0.4) is 0 Å². The summed E-state index contributed by atoms with van der Waals surface area (Å²) in [6.07, 6.45) is 7.34. The SMILES string of the molecule is CN=C(NCc1cccc(NC(=O)C2CCC2)c1)NC1CC2CCC1O2.I. The van der Waals surface area contributed by atoms with E-state index in [1.54, 1.807) is 7.05 Å². The van der Waals surface area contributed by atoms with Gasteiger partial charge in [-0.2, -0.15) is 0 Å². The van der Waals surface area contributed by atoms with E-state index in [2.05, 4.69) is 27.0 Å². The second-order valence-corrected chi connectivity index (χ2v) is 7.60. The van der Waals surface area contributed by atoms with Gasteiger partial charge in [0, 0.05) is 25.2 Å². The van der Waals surface area contributed by atoms with Crippen LogP contribution in [0.4, 0.5) is 5.69 Å². The zero-order valence-electron chi connectivity index (χ0n) is 15.7. The number of rotatable bonds is 5. The zero-order valence-corrected chi connectivity index (χ0v) is 18.1. The summed E-state index contributed by atoms with van der Waals surface area (Å²) in [4.78, 5) is 16.4. The summed E-state index contributed by atoms with van der Waals surface area (Å²) < 4.78 is 5.89. The number of nitrogens with one attached hydrogen (secondary N) is 3. The molecule has 2 bridgehead atoms. The molecule has 1 amide bonds. The molecule has 148 valence electrons. The molecule has 27 heavy (non-hydrogen) atoms. The van der Waals surface area contributed by atoms with Gasteiger partial charge in [0.05, 0.1) is 18.2 Å². The smallest absolute Gasteiger partial charge is 0.227 e. The number of guanidine groups is 1. The Morgan fingerprint density at radius 2 is 2.11 bits per heavy atom. The molecule has 3 N–H and O–H groups in total. The highest BCUT2D eigenvalue weighted by atomic mass is 127. The number of fused-ring (bicyclic) bond motifs is 2. The first kappa shape index (κ1) is 20.4. The van der Waals surface area contributed by atoms with Gasteiger partial charge in [0.25, 0.3) is 0 Å². The molecule has 0 radical (unpaired) electrons. The van der Waals surface area contributed by atoms with Crippen molar-refractivity contribution in [1.82, 2.24) is 10.6 Å². The Labute approximate surface area is 177 Å². The Balaban J connectivity index is 0.00000210. The summed E-state index contributed by atoms with van der Waals surface area (Å²) >= 11 is 0. The van der Waals surface area contributed by atoms with Crippen molar-refractivity contribution in [3.05, 3.63) is 29.8 Å². The first-order chi connectivity index (χ1) is 12.7. The van der Waals surface area contributed by atoms with Crippen LogP contribution in [-0.4, -0.2) is 37.2 Å². The zero-order chi connectivity index (χ0) is 17.9. The fourth-order valence-electron chi connectivity index (χ4n) is 4.02. The lowest BCUT2D eigenvalue weighted by Gasteiger charge is -2.24. The topological polar surface area (TPSA) is 74.8 Å². The molecule has 7 heteroatoms. The molecule has 6 nitrogen and oxygen atoms in total.